The molecule has 1 saturated heterocycles. The topological polar surface area (TPSA) is 51.4 Å². The standard InChI is InChI=1S/C28H32FN3O/c1-33-27(22-7-3-2-4-8-22)16-18-32(20-27)25-19-23(12-13-24(25)29)28(30,15-14-21-10-11-21)26-9-5-6-17-31-26/h2-9,12-13,17,19,21H,10-11,14-16,18,20,30H2,1H3/t27-,28?/m1/s1. The molecule has 0 radical (unpaired) electrons. The zero-order valence-electron chi connectivity index (χ0n) is 19.2. The van der Waals surface area contributed by atoms with E-state index in [4.69, 9.17) is 10.5 Å². The Hall–Kier alpha value is -2.76. The van der Waals surface area contributed by atoms with Gasteiger partial charge in [0.1, 0.15) is 11.4 Å². The van der Waals surface area contributed by atoms with Crippen LogP contribution in [0.1, 0.15) is 48.9 Å². The number of benzene rings is 2. The molecular weight excluding hydrogens is 413 g/mol. The summed E-state index contributed by atoms with van der Waals surface area (Å²) >= 11 is 0. The van der Waals surface area contributed by atoms with Gasteiger partial charge in [0, 0.05) is 19.9 Å². The smallest absolute Gasteiger partial charge is 0.146 e. The Morgan fingerprint density at radius 3 is 2.61 bits per heavy atom. The van der Waals surface area contributed by atoms with Gasteiger partial charge in [-0.2, -0.15) is 0 Å². The summed E-state index contributed by atoms with van der Waals surface area (Å²) in [7, 11) is 1.74. The van der Waals surface area contributed by atoms with Crippen molar-refractivity contribution in [2.45, 2.75) is 43.2 Å². The van der Waals surface area contributed by atoms with Crippen LogP contribution >= 0.6 is 0 Å². The number of aromatic nitrogens is 1. The summed E-state index contributed by atoms with van der Waals surface area (Å²) in [4.78, 5) is 6.69. The molecule has 2 aromatic carbocycles. The molecule has 1 aliphatic carbocycles. The van der Waals surface area contributed by atoms with Crippen molar-refractivity contribution in [3.63, 3.8) is 0 Å². The highest BCUT2D eigenvalue weighted by Gasteiger charge is 2.41. The molecule has 0 bridgehead atoms. The lowest BCUT2D eigenvalue weighted by molar-refractivity contribution is 0.00478. The van der Waals surface area contributed by atoms with E-state index in [2.05, 4.69) is 22.0 Å². The molecular formula is C28H32FN3O. The zero-order valence-corrected chi connectivity index (χ0v) is 19.2. The van der Waals surface area contributed by atoms with E-state index >= 15 is 4.39 Å². The van der Waals surface area contributed by atoms with Gasteiger partial charge in [0.25, 0.3) is 0 Å². The van der Waals surface area contributed by atoms with E-state index in [-0.39, 0.29) is 5.82 Å². The van der Waals surface area contributed by atoms with Gasteiger partial charge in [-0.15, -0.1) is 0 Å². The molecule has 3 aromatic rings. The lowest BCUT2D eigenvalue weighted by Crippen LogP contribution is -2.39. The van der Waals surface area contributed by atoms with E-state index in [1.165, 1.54) is 12.8 Å². The third-order valence-electron chi connectivity index (χ3n) is 7.49. The van der Waals surface area contributed by atoms with E-state index in [9.17, 15) is 0 Å². The fraction of sp³-hybridized carbons (Fsp3) is 0.393. The molecule has 0 amide bonds. The molecule has 1 aliphatic heterocycles. The van der Waals surface area contributed by atoms with Crippen molar-refractivity contribution in [1.29, 1.82) is 0 Å². The Morgan fingerprint density at radius 2 is 1.91 bits per heavy atom. The van der Waals surface area contributed by atoms with Gasteiger partial charge in [-0.05, 0) is 60.6 Å². The molecule has 5 heteroatoms. The molecule has 172 valence electrons. The fourth-order valence-electron chi connectivity index (χ4n) is 5.17. The average Bonchev–Trinajstić information content (AvgIpc) is 3.60. The van der Waals surface area contributed by atoms with Crippen LogP contribution in [-0.2, 0) is 15.9 Å². The second-order valence-corrected chi connectivity index (χ2v) is 9.57. The highest BCUT2D eigenvalue weighted by atomic mass is 19.1. The summed E-state index contributed by atoms with van der Waals surface area (Å²) < 4.78 is 21.2. The first kappa shape index (κ1) is 22.1. The van der Waals surface area contributed by atoms with Crippen molar-refractivity contribution < 1.29 is 9.13 Å². The lowest BCUT2D eigenvalue weighted by Gasteiger charge is -2.32. The molecule has 1 unspecified atom stereocenters. The van der Waals surface area contributed by atoms with Crippen molar-refractivity contribution in [3.8, 4) is 0 Å². The van der Waals surface area contributed by atoms with Crippen LogP contribution in [0.2, 0.25) is 0 Å². The minimum absolute atomic E-state index is 0.232. The largest absolute Gasteiger partial charge is 0.372 e. The van der Waals surface area contributed by atoms with Crippen LogP contribution in [0.3, 0.4) is 0 Å². The van der Waals surface area contributed by atoms with Crippen LogP contribution in [0, 0.1) is 11.7 Å². The first-order valence-electron chi connectivity index (χ1n) is 11.9. The van der Waals surface area contributed by atoms with Crippen molar-refractivity contribution >= 4 is 5.69 Å². The van der Waals surface area contributed by atoms with Crippen LogP contribution in [0.4, 0.5) is 10.1 Å². The SMILES string of the molecule is CO[C@]1(c2ccccc2)CCN(c2cc(C(N)(CCC3CC3)c3ccccn3)ccc2F)C1. The number of hydrogen-bond donors (Lipinski definition) is 1. The number of hydrogen-bond acceptors (Lipinski definition) is 4. The van der Waals surface area contributed by atoms with Gasteiger partial charge in [-0.1, -0.05) is 55.3 Å². The minimum Gasteiger partial charge on any atom is -0.372 e. The maximum absolute atomic E-state index is 15.2. The molecule has 2 atom stereocenters. The quantitative estimate of drug-likeness (QED) is 0.507. The average molecular weight is 446 g/mol. The van der Waals surface area contributed by atoms with Crippen LogP contribution in [0.15, 0.2) is 72.9 Å². The Kier molecular flexibility index (Phi) is 5.94. The minimum atomic E-state index is -0.746. The maximum atomic E-state index is 15.2. The van der Waals surface area contributed by atoms with Gasteiger partial charge in [-0.25, -0.2) is 4.39 Å². The number of pyridine rings is 1. The molecule has 2 N–H and O–H groups in total. The van der Waals surface area contributed by atoms with Crippen LogP contribution < -0.4 is 10.6 Å². The summed E-state index contributed by atoms with van der Waals surface area (Å²) in [6.07, 6.45) is 6.99. The summed E-state index contributed by atoms with van der Waals surface area (Å²) in [6, 6.07) is 21.4. The Labute approximate surface area is 195 Å². The molecule has 33 heavy (non-hydrogen) atoms. The Morgan fingerprint density at radius 1 is 1.12 bits per heavy atom. The van der Waals surface area contributed by atoms with Crippen LogP contribution in [-0.4, -0.2) is 25.2 Å². The molecule has 2 heterocycles. The molecule has 0 spiro atoms. The monoisotopic (exact) mass is 445 g/mol. The van der Waals surface area contributed by atoms with E-state index < -0.39 is 11.1 Å². The van der Waals surface area contributed by atoms with Gasteiger partial charge < -0.3 is 15.4 Å². The second-order valence-electron chi connectivity index (χ2n) is 9.57. The van der Waals surface area contributed by atoms with E-state index in [0.717, 1.165) is 42.0 Å². The van der Waals surface area contributed by atoms with Gasteiger partial charge >= 0.3 is 0 Å². The van der Waals surface area contributed by atoms with Crippen molar-refractivity contribution in [3.05, 3.63) is 95.6 Å². The number of ether oxygens (including phenoxy) is 1. The normalized spacial score (nSPS) is 22.3. The maximum Gasteiger partial charge on any atom is 0.146 e. The predicted molar refractivity (Wildman–Crippen MR) is 130 cm³/mol. The molecule has 2 fully saturated rings. The summed E-state index contributed by atoms with van der Waals surface area (Å²) in [5.41, 5.74) is 9.33. The fourth-order valence-corrected chi connectivity index (χ4v) is 5.17. The highest BCUT2D eigenvalue weighted by Crippen LogP contribution is 2.42. The first-order valence-corrected chi connectivity index (χ1v) is 11.9. The number of nitrogens with zero attached hydrogens (tertiary/aromatic N) is 2. The molecule has 1 saturated carbocycles. The first-order chi connectivity index (χ1) is 16.0. The van der Waals surface area contributed by atoms with Gasteiger partial charge in [0.15, 0.2) is 0 Å². The molecule has 5 rings (SSSR count). The van der Waals surface area contributed by atoms with Gasteiger partial charge in [0.05, 0.1) is 23.5 Å². The lowest BCUT2D eigenvalue weighted by atomic mass is 9.82. The Bertz CT molecular complexity index is 1090. The molecule has 2 aliphatic rings. The number of halogens is 1. The van der Waals surface area contributed by atoms with E-state index in [0.29, 0.717) is 18.8 Å². The van der Waals surface area contributed by atoms with E-state index in [1.807, 2.05) is 48.5 Å². The Balaban J connectivity index is 1.48. The number of methoxy groups -OCH3 is 1. The van der Waals surface area contributed by atoms with E-state index in [1.54, 1.807) is 19.4 Å². The molecule has 4 nitrogen and oxygen atoms in total. The number of rotatable bonds is 8. The highest BCUT2D eigenvalue weighted by molar-refractivity contribution is 5.54. The number of nitrogens with two attached hydrogens (primary N) is 1. The van der Waals surface area contributed by atoms with Crippen molar-refractivity contribution in [2.24, 2.45) is 11.7 Å². The third kappa shape index (κ3) is 4.28. The predicted octanol–water partition coefficient (Wildman–Crippen LogP) is 5.37. The summed E-state index contributed by atoms with van der Waals surface area (Å²) in [5, 5.41) is 0. The van der Waals surface area contributed by atoms with Crippen LogP contribution in [0.25, 0.3) is 0 Å². The third-order valence-corrected chi connectivity index (χ3v) is 7.49. The van der Waals surface area contributed by atoms with Crippen LogP contribution in [0.5, 0.6) is 0 Å². The second kappa shape index (κ2) is 8.88. The molecule has 1 aromatic heterocycles. The summed E-state index contributed by atoms with van der Waals surface area (Å²) in [5.74, 6) is 0.521. The summed E-state index contributed by atoms with van der Waals surface area (Å²) in [6.45, 7) is 1.31. The van der Waals surface area contributed by atoms with Gasteiger partial charge in [-0.3, -0.25) is 4.98 Å². The van der Waals surface area contributed by atoms with Crippen molar-refractivity contribution in [2.75, 3.05) is 25.1 Å². The van der Waals surface area contributed by atoms with Crippen molar-refractivity contribution in [1.82, 2.24) is 4.98 Å². The number of anilines is 1. The zero-order chi connectivity index (χ0) is 22.9. The van der Waals surface area contributed by atoms with Gasteiger partial charge in [0.2, 0.25) is 0 Å².